The van der Waals surface area contributed by atoms with Crippen LogP contribution < -0.4 is 20.7 Å². The van der Waals surface area contributed by atoms with Crippen molar-refractivity contribution in [3.05, 3.63) is 71.8 Å². The van der Waals surface area contributed by atoms with E-state index in [1.54, 1.807) is 36.4 Å². The second-order valence-electron chi connectivity index (χ2n) is 8.41. The number of hydrogen-bond acceptors (Lipinski definition) is 5. The number of H-pyrrole nitrogens is 1. The average molecular weight is 547 g/mol. The van der Waals surface area contributed by atoms with Gasteiger partial charge in [0.05, 0.1) is 34.7 Å². The van der Waals surface area contributed by atoms with Gasteiger partial charge in [0.25, 0.3) is 0 Å². The van der Waals surface area contributed by atoms with Crippen molar-refractivity contribution in [2.45, 2.75) is 31.5 Å². The third-order valence-corrected chi connectivity index (χ3v) is 5.44. The summed E-state index contributed by atoms with van der Waals surface area (Å²) >= 11 is 0. The highest BCUT2D eigenvalue weighted by atomic mass is 19.4. The molecular formula is C25H21F4N5O5. The van der Waals surface area contributed by atoms with E-state index >= 15 is 0 Å². The van der Waals surface area contributed by atoms with Crippen LogP contribution in [0.4, 0.5) is 34.0 Å². The predicted octanol–water partition coefficient (Wildman–Crippen LogP) is 4.94. The van der Waals surface area contributed by atoms with Gasteiger partial charge in [-0.05, 0) is 48.9 Å². The van der Waals surface area contributed by atoms with Crippen molar-refractivity contribution in [2.75, 3.05) is 10.6 Å². The number of nitrogens with zero attached hydrogens (tertiary/aromatic N) is 1. The lowest BCUT2D eigenvalue weighted by atomic mass is 10.1. The van der Waals surface area contributed by atoms with E-state index in [0.29, 0.717) is 47.2 Å². The Morgan fingerprint density at radius 3 is 2.59 bits per heavy atom. The summed E-state index contributed by atoms with van der Waals surface area (Å²) in [5.74, 6) is -1.53. The molecule has 0 fully saturated rings. The number of ether oxygens (including phenoxy) is 1. The lowest BCUT2D eigenvalue weighted by Crippen LogP contribution is -2.37. The van der Waals surface area contributed by atoms with E-state index in [0.717, 1.165) is 0 Å². The number of carboxylic acid groups (broad SMARTS) is 1. The molecule has 2 aromatic carbocycles. The Balaban J connectivity index is 1.31. The minimum Gasteiger partial charge on any atom is -0.481 e. The van der Waals surface area contributed by atoms with E-state index in [1.165, 1.54) is 0 Å². The molecule has 3 amide bonds. The zero-order valence-corrected chi connectivity index (χ0v) is 19.9. The predicted molar refractivity (Wildman–Crippen MR) is 131 cm³/mol. The molecule has 0 saturated carbocycles. The van der Waals surface area contributed by atoms with Gasteiger partial charge in [-0.2, -0.15) is 13.2 Å². The van der Waals surface area contributed by atoms with Gasteiger partial charge in [-0.15, -0.1) is 0 Å². The molecule has 1 aromatic heterocycles. The van der Waals surface area contributed by atoms with Gasteiger partial charge >= 0.3 is 18.2 Å². The first-order valence-corrected chi connectivity index (χ1v) is 11.5. The maximum absolute atomic E-state index is 13.9. The zero-order valence-electron chi connectivity index (χ0n) is 19.9. The van der Waals surface area contributed by atoms with Crippen LogP contribution in [0.15, 0.2) is 60.4 Å². The smallest absolute Gasteiger partial charge is 0.416 e. The van der Waals surface area contributed by atoms with Crippen molar-refractivity contribution >= 4 is 40.6 Å². The van der Waals surface area contributed by atoms with Gasteiger partial charge in [-0.3, -0.25) is 14.9 Å². The van der Waals surface area contributed by atoms with Crippen LogP contribution in [0.1, 0.15) is 24.8 Å². The number of carbonyl (C=O) groups excluding carboxylic acids is 2. The fraction of sp³-hybridized carbons (Fsp3) is 0.200. The van der Waals surface area contributed by atoms with Crippen LogP contribution in [0, 0.1) is 5.82 Å². The molecule has 0 aliphatic heterocycles. The van der Waals surface area contributed by atoms with E-state index in [4.69, 9.17) is 9.84 Å². The first kappa shape index (κ1) is 27.2. The molecular weight excluding hydrogens is 526 g/mol. The molecule has 5 N–H and O–H groups in total. The molecule has 1 aliphatic carbocycles. The van der Waals surface area contributed by atoms with Crippen LogP contribution >= 0.6 is 0 Å². The SMILES string of the molecule is O=C(O)CCC(=O)Nc1nc2ccc(OC3=CCC(NC(=O)Nc4cc(C(F)(F)F)ccc4F)C=C3)cc2[nH]1. The molecule has 4 rings (SSSR count). The molecule has 204 valence electrons. The summed E-state index contributed by atoms with van der Waals surface area (Å²) in [6, 6.07) is 5.28. The Labute approximate surface area is 217 Å². The lowest BCUT2D eigenvalue weighted by Gasteiger charge is -2.19. The molecule has 0 bridgehead atoms. The van der Waals surface area contributed by atoms with Crippen molar-refractivity contribution < 1.29 is 41.8 Å². The second kappa shape index (κ2) is 11.2. The number of anilines is 2. The van der Waals surface area contributed by atoms with Gasteiger partial charge in [-0.1, -0.05) is 6.08 Å². The van der Waals surface area contributed by atoms with Gasteiger partial charge < -0.3 is 25.5 Å². The molecule has 3 aromatic rings. The molecule has 1 aliphatic rings. The molecule has 0 radical (unpaired) electrons. The van der Waals surface area contributed by atoms with Crippen LogP contribution in [0.2, 0.25) is 0 Å². The molecule has 0 spiro atoms. The van der Waals surface area contributed by atoms with Gasteiger partial charge in [-0.25, -0.2) is 14.2 Å². The fourth-order valence-electron chi connectivity index (χ4n) is 3.57. The number of imidazole rings is 1. The lowest BCUT2D eigenvalue weighted by molar-refractivity contribution is -0.138. The Bertz CT molecular complexity index is 1480. The topological polar surface area (TPSA) is 145 Å². The van der Waals surface area contributed by atoms with Crippen molar-refractivity contribution in [1.82, 2.24) is 15.3 Å². The monoisotopic (exact) mass is 547 g/mol. The molecule has 1 atom stereocenters. The van der Waals surface area contributed by atoms with Crippen LogP contribution in [0.5, 0.6) is 5.75 Å². The van der Waals surface area contributed by atoms with E-state index < -0.39 is 47.2 Å². The molecule has 1 heterocycles. The molecule has 14 heteroatoms. The normalized spacial score (nSPS) is 15.0. The van der Waals surface area contributed by atoms with Crippen molar-refractivity contribution in [3.63, 3.8) is 0 Å². The van der Waals surface area contributed by atoms with Crippen LogP contribution in [-0.2, 0) is 15.8 Å². The quantitative estimate of drug-likeness (QED) is 0.253. The van der Waals surface area contributed by atoms with Crippen LogP contribution in [0.3, 0.4) is 0 Å². The van der Waals surface area contributed by atoms with E-state index in [9.17, 15) is 31.9 Å². The molecule has 1 unspecified atom stereocenters. The molecule has 10 nitrogen and oxygen atoms in total. The number of urea groups is 1. The number of alkyl halides is 3. The highest BCUT2D eigenvalue weighted by molar-refractivity contribution is 5.92. The number of rotatable bonds is 8. The van der Waals surface area contributed by atoms with E-state index in [2.05, 4.69) is 25.9 Å². The number of hydrogen-bond donors (Lipinski definition) is 5. The van der Waals surface area contributed by atoms with Crippen LogP contribution in [-0.4, -0.2) is 39.0 Å². The highest BCUT2D eigenvalue weighted by Crippen LogP contribution is 2.32. The second-order valence-corrected chi connectivity index (χ2v) is 8.41. The minimum atomic E-state index is -4.68. The number of fused-ring (bicyclic) bond motifs is 1. The first-order chi connectivity index (χ1) is 18.5. The number of allylic oxidation sites excluding steroid dienone is 1. The zero-order chi connectivity index (χ0) is 28.2. The summed E-state index contributed by atoms with van der Waals surface area (Å²) in [5, 5.41) is 15.8. The maximum Gasteiger partial charge on any atom is 0.416 e. The summed E-state index contributed by atoms with van der Waals surface area (Å²) < 4.78 is 58.3. The van der Waals surface area contributed by atoms with Gasteiger partial charge in [0.2, 0.25) is 11.9 Å². The maximum atomic E-state index is 13.9. The Morgan fingerprint density at radius 2 is 1.90 bits per heavy atom. The summed E-state index contributed by atoms with van der Waals surface area (Å²) in [7, 11) is 0. The molecule has 39 heavy (non-hydrogen) atoms. The first-order valence-electron chi connectivity index (χ1n) is 11.5. The largest absolute Gasteiger partial charge is 0.481 e. The van der Waals surface area contributed by atoms with E-state index in [1.807, 2.05) is 0 Å². The van der Waals surface area contributed by atoms with Gasteiger partial charge in [0.15, 0.2) is 0 Å². The summed E-state index contributed by atoms with van der Waals surface area (Å²) in [5.41, 5.74) is -0.596. The fourth-order valence-corrected chi connectivity index (χ4v) is 3.57. The summed E-state index contributed by atoms with van der Waals surface area (Å²) in [6.45, 7) is 0. The number of aromatic nitrogens is 2. The van der Waals surface area contributed by atoms with Crippen molar-refractivity contribution in [2.24, 2.45) is 0 Å². The Morgan fingerprint density at radius 1 is 1.10 bits per heavy atom. The number of nitrogens with one attached hydrogen (secondary N) is 4. The number of aromatic amines is 1. The number of carbonyl (C=O) groups is 3. The summed E-state index contributed by atoms with van der Waals surface area (Å²) in [4.78, 5) is 41.7. The van der Waals surface area contributed by atoms with E-state index in [-0.39, 0.29) is 18.8 Å². The Kier molecular flexibility index (Phi) is 7.83. The average Bonchev–Trinajstić information content (AvgIpc) is 3.26. The summed E-state index contributed by atoms with van der Waals surface area (Å²) in [6.07, 6.45) is -0.00792. The molecule has 0 saturated heterocycles. The number of amides is 3. The number of aliphatic carboxylic acids is 1. The highest BCUT2D eigenvalue weighted by Gasteiger charge is 2.31. The third-order valence-electron chi connectivity index (χ3n) is 5.44. The minimum absolute atomic E-state index is 0.159. The van der Waals surface area contributed by atoms with Gasteiger partial charge in [0.1, 0.15) is 17.3 Å². The number of carboxylic acids is 1. The van der Waals surface area contributed by atoms with Gasteiger partial charge in [0, 0.05) is 12.5 Å². The van der Waals surface area contributed by atoms with Crippen molar-refractivity contribution in [3.8, 4) is 5.75 Å². The third kappa shape index (κ3) is 7.34. The van der Waals surface area contributed by atoms with Crippen LogP contribution in [0.25, 0.3) is 11.0 Å². The number of benzene rings is 2. The standard InChI is InChI=1S/C25H21F4N5O5/c26-17-7-1-13(25(27,28)29)11-19(17)33-24(38)30-14-2-4-15(5-3-14)39-16-6-8-18-20(12-16)32-23(31-18)34-21(35)9-10-22(36)37/h1-2,4-8,11-12,14H,3,9-10H2,(H,36,37)(H2,30,33,38)(H2,31,32,34,35). The number of halogens is 4. The Hall–Kier alpha value is -4.88. The van der Waals surface area contributed by atoms with Crippen molar-refractivity contribution in [1.29, 1.82) is 0 Å².